The van der Waals surface area contributed by atoms with Crippen LogP contribution in [0.15, 0.2) is 18.2 Å². The number of rotatable bonds is 5. The molecule has 20 heavy (non-hydrogen) atoms. The number of thioether (sulfide) groups is 1. The molecule has 0 aliphatic heterocycles. The number of aryl methyl sites for hydroxylation is 2. The maximum absolute atomic E-state index is 3.79. The van der Waals surface area contributed by atoms with E-state index in [1.807, 2.05) is 0 Å². The second kappa shape index (κ2) is 7.00. The molecule has 1 aliphatic rings. The minimum absolute atomic E-state index is 0.445. The van der Waals surface area contributed by atoms with Crippen LogP contribution in [0.25, 0.3) is 0 Å². The van der Waals surface area contributed by atoms with Crippen LogP contribution in [0, 0.1) is 13.8 Å². The summed E-state index contributed by atoms with van der Waals surface area (Å²) in [5, 5.41) is 3.79. The Morgan fingerprint density at radius 2 is 1.85 bits per heavy atom. The molecule has 1 nitrogen and oxygen atoms in total. The van der Waals surface area contributed by atoms with Gasteiger partial charge in [0.2, 0.25) is 0 Å². The molecular weight excluding hydrogens is 262 g/mol. The molecule has 0 saturated heterocycles. The average Bonchev–Trinajstić information content (AvgIpc) is 2.48. The summed E-state index contributed by atoms with van der Waals surface area (Å²) in [6.07, 6.45) is 9.27. The van der Waals surface area contributed by atoms with Gasteiger partial charge < -0.3 is 5.32 Å². The molecule has 1 N–H and O–H groups in total. The average molecular weight is 292 g/mol. The highest BCUT2D eigenvalue weighted by molar-refractivity contribution is 8.00. The van der Waals surface area contributed by atoms with Crippen molar-refractivity contribution in [1.82, 2.24) is 5.32 Å². The van der Waals surface area contributed by atoms with E-state index in [1.54, 1.807) is 0 Å². The zero-order valence-corrected chi connectivity index (χ0v) is 14.3. The van der Waals surface area contributed by atoms with Gasteiger partial charge in [-0.15, -0.1) is 0 Å². The van der Waals surface area contributed by atoms with Gasteiger partial charge in [0.1, 0.15) is 0 Å². The maximum Gasteiger partial charge on any atom is 0.0292 e. The molecular formula is C18H29NS. The second-order valence-electron chi connectivity index (χ2n) is 6.39. The third kappa shape index (κ3) is 3.79. The van der Waals surface area contributed by atoms with Crippen LogP contribution in [0.1, 0.15) is 61.8 Å². The molecule has 1 aromatic carbocycles. The van der Waals surface area contributed by atoms with Crippen molar-refractivity contribution in [3.63, 3.8) is 0 Å². The highest BCUT2D eigenvalue weighted by Crippen LogP contribution is 2.38. The van der Waals surface area contributed by atoms with Crippen LogP contribution in [0.4, 0.5) is 0 Å². The van der Waals surface area contributed by atoms with Gasteiger partial charge >= 0.3 is 0 Å². The summed E-state index contributed by atoms with van der Waals surface area (Å²) in [7, 11) is 0. The van der Waals surface area contributed by atoms with E-state index in [4.69, 9.17) is 0 Å². The third-order valence-electron chi connectivity index (χ3n) is 4.96. The van der Waals surface area contributed by atoms with Gasteiger partial charge in [0.05, 0.1) is 0 Å². The van der Waals surface area contributed by atoms with E-state index in [0.717, 1.165) is 6.54 Å². The summed E-state index contributed by atoms with van der Waals surface area (Å²) in [6.45, 7) is 7.82. The van der Waals surface area contributed by atoms with Crippen LogP contribution in [0.5, 0.6) is 0 Å². The Balaban J connectivity index is 1.96. The lowest BCUT2D eigenvalue weighted by atomic mass is 9.88. The Morgan fingerprint density at radius 3 is 2.45 bits per heavy atom. The zero-order valence-electron chi connectivity index (χ0n) is 13.5. The van der Waals surface area contributed by atoms with E-state index >= 15 is 0 Å². The highest BCUT2D eigenvalue weighted by Gasteiger charge is 2.31. The van der Waals surface area contributed by atoms with E-state index in [9.17, 15) is 0 Å². The highest BCUT2D eigenvalue weighted by atomic mass is 32.2. The number of benzene rings is 1. The molecule has 1 fully saturated rings. The van der Waals surface area contributed by atoms with Crippen molar-refractivity contribution >= 4 is 11.8 Å². The normalized spacial score (nSPS) is 19.8. The van der Waals surface area contributed by atoms with Crippen molar-refractivity contribution in [1.29, 1.82) is 0 Å². The lowest BCUT2D eigenvalue weighted by Gasteiger charge is -2.37. The van der Waals surface area contributed by atoms with Crippen molar-refractivity contribution in [2.45, 2.75) is 63.7 Å². The molecule has 1 saturated carbocycles. The summed E-state index contributed by atoms with van der Waals surface area (Å²) < 4.78 is 0.478. The summed E-state index contributed by atoms with van der Waals surface area (Å²) in [5.74, 6) is 0. The van der Waals surface area contributed by atoms with Crippen LogP contribution in [-0.2, 0) is 0 Å². The first-order valence-corrected chi connectivity index (χ1v) is 9.14. The first kappa shape index (κ1) is 15.9. The standard InChI is InChI=1S/C18H29NS/c1-14-8-9-17(12-15(14)2)16(3)19-13-18(20-4)10-6-5-7-11-18/h8-9,12,16,19H,5-7,10-11,13H2,1-4H3. The first-order valence-electron chi connectivity index (χ1n) is 7.92. The van der Waals surface area contributed by atoms with E-state index in [0.29, 0.717) is 10.8 Å². The fourth-order valence-electron chi connectivity index (χ4n) is 3.14. The molecule has 0 amide bonds. The topological polar surface area (TPSA) is 12.0 Å². The minimum Gasteiger partial charge on any atom is -0.309 e. The zero-order chi connectivity index (χ0) is 14.6. The van der Waals surface area contributed by atoms with Crippen LogP contribution >= 0.6 is 11.8 Å². The van der Waals surface area contributed by atoms with E-state index in [2.05, 4.69) is 62.3 Å². The molecule has 2 heteroatoms. The molecule has 2 rings (SSSR count). The van der Waals surface area contributed by atoms with Gasteiger partial charge in [-0.1, -0.05) is 37.5 Å². The lowest BCUT2D eigenvalue weighted by Crippen LogP contribution is -2.40. The Kier molecular flexibility index (Phi) is 5.57. The van der Waals surface area contributed by atoms with Gasteiger partial charge in [-0.2, -0.15) is 11.8 Å². The Hall–Kier alpha value is -0.470. The van der Waals surface area contributed by atoms with Crippen LogP contribution in [0.3, 0.4) is 0 Å². The van der Waals surface area contributed by atoms with Crippen molar-refractivity contribution in [2.75, 3.05) is 12.8 Å². The van der Waals surface area contributed by atoms with Gasteiger partial charge in [0.15, 0.2) is 0 Å². The number of nitrogens with one attached hydrogen (secondary N) is 1. The van der Waals surface area contributed by atoms with Gasteiger partial charge in [-0.05, 0) is 56.6 Å². The van der Waals surface area contributed by atoms with E-state index < -0.39 is 0 Å². The Morgan fingerprint density at radius 1 is 1.15 bits per heavy atom. The fourth-order valence-corrected chi connectivity index (χ4v) is 4.06. The molecule has 0 radical (unpaired) electrons. The van der Waals surface area contributed by atoms with Crippen LogP contribution < -0.4 is 5.32 Å². The second-order valence-corrected chi connectivity index (χ2v) is 7.67. The van der Waals surface area contributed by atoms with Crippen LogP contribution in [-0.4, -0.2) is 17.5 Å². The predicted octanol–water partition coefficient (Wildman–Crippen LogP) is 5.02. The predicted molar refractivity (Wildman–Crippen MR) is 91.7 cm³/mol. The number of hydrogen-bond acceptors (Lipinski definition) is 2. The first-order chi connectivity index (χ1) is 9.56. The quantitative estimate of drug-likeness (QED) is 0.817. The van der Waals surface area contributed by atoms with Gasteiger partial charge in [0.25, 0.3) is 0 Å². The molecule has 0 spiro atoms. The van der Waals surface area contributed by atoms with E-state index in [-0.39, 0.29) is 0 Å². The third-order valence-corrected chi connectivity index (χ3v) is 6.38. The van der Waals surface area contributed by atoms with Gasteiger partial charge in [-0.25, -0.2) is 0 Å². The summed E-state index contributed by atoms with van der Waals surface area (Å²) in [6, 6.07) is 7.29. The monoisotopic (exact) mass is 291 g/mol. The lowest BCUT2D eigenvalue weighted by molar-refractivity contribution is 0.367. The summed E-state index contributed by atoms with van der Waals surface area (Å²) >= 11 is 2.07. The molecule has 1 atom stereocenters. The summed E-state index contributed by atoms with van der Waals surface area (Å²) in [5.41, 5.74) is 4.20. The van der Waals surface area contributed by atoms with Crippen molar-refractivity contribution < 1.29 is 0 Å². The molecule has 0 aromatic heterocycles. The smallest absolute Gasteiger partial charge is 0.0292 e. The molecule has 1 unspecified atom stereocenters. The SMILES string of the molecule is CSC1(CNC(C)c2ccc(C)c(C)c2)CCCCC1. The molecule has 0 bridgehead atoms. The van der Waals surface area contributed by atoms with Crippen molar-refractivity contribution in [3.05, 3.63) is 34.9 Å². The summed E-state index contributed by atoms with van der Waals surface area (Å²) in [4.78, 5) is 0. The van der Waals surface area contributed by atoms with Gasteiger partial charge in [-0.3, -0.25) is 0 Å². The largest absolute Gasteiger partial charge is 0.309 e. The molecule has 112 valence electrons. The Bertz CT molecular complexity index is 435. The minimum atomic E-state index is 0.445. The van der Waals surface area contributed by atoms with Gasteiger partial charge in [0, 0.05) is 17.3 Å². The van der Waals surface area contributed by atoms with Crippen LogP contribution in [0.2, 0.25) is 0 Å². The molecule has 1 aliphatic carbocycles. The van der Waals surface area contributed by atoms with Crippen molar-refractivity contribution in [3.8, 4) is 0 Å². The fraction of sp³-hybridized carbons (Fsp3) is 0.667. The Labute approximate surface area is 128 Å². The molecule has 1 aromatic rings. The molecule has 0 heterocycles. The maximum atomic E-state index is 3.79. The van der Waals surface area contributed by atoms with Crippen molar-refractivity contribution in [2.24, 2.45) is 0 Å². The number of hydrogen-bond donors (Lipinski definition) is 1. The van der Waals surface area contributed by atoms with E-state index in [1.165, 1.54) is 48.8 Å².